The highest BCUT2D eigenvalue weighted by atomic mass is 16.5. The maximum absolute atomic E-state index is 12.9. The van der Waals surface area contributed by atoms with Crippen molar-refractivity contribution < 1.29 is 9.53 Å². The molecule has 7 nitrogen and oxygen atoms in total. The Morgan fingerprint density at radius 1 is 1.38 bits per heavy atom. The molecule has 0 unspecified atom stereocenters. The number of amides is 1. The summed E-state index contributed by atoms with van der Waals surface area (Å²) in [6.45, 7) is 4.76. The van der Waals surface area contributed by atoms with Crippen LogP contribution in [-0.2, 0) is 7.05 Å². The van der Waals surface area contributed by atoms with Crippen LogP contribution in [0.2, 0.25) is 0 Å². The molecule has 152 valence electrons. The lowest BCUT2D eigenvalue weighted by Crippen LogP contribution is -2.43. The monoisotopic (exact) mass is 393 g/mol. The van der Waals surface area contributed by atoms with Gasteiger partial charge in [-0.1, -0.05) is 13.8 Å². The fourth-order valence-corrected chi connectivity index (χ4v) is 4.44. The van der Waals surface area contributed by atoms with E-state index in [-0.39, 0.29) is 24.0 Å². The Labute approximate surface area is 171 Å². The van der Waals surface area contributed by atoms with E-state index in [0.29, 0.717) is 23.8 Å². The molecule has 1 aromatic heterocycles. The summed E-state index contributed by atoms with van der Waals surface area (Å²) >= 11 is 0. The molecule has 2 fully saturated rings. The third kappa shape index (κ3) is 3.67. The van der Waals surface area contributed by atoms with Crippen molar-refractivity contribution in [1.29, 1.82) is 5.26 Å². The lowest BCUT2D eigenvalue weighted by Gasteiger charge is -2.22. The minimum atomic E-state index is -0.119. The van der Waals surface area contributed by atoms with Crippen LogP contribution in [0, 0.1) is 17.4 Å². The van der Waals surface area contributed by atoms with E-state index in [9.17, 15) is 10.1 Å². The lowest BCUT2D eigenvalue weighted by atomic mass is 9.95. The highest BCUT2D eigenvalue weighted by Gasteiger charge is 2.46. The Morgan fingerprint density at radius 2 is 2.21 bits per heavy atom. The number of ether oxygens (including phenoxy) is 1. The summed E-state index contributed by atoms with van der Waals surface area (Å²) in [4.78, 5) is 14.8. The fraction of sp³-hybridized carbons (Fsp3) is 0.500. The first-order chi connectivity index (χ1) is 14.0. The van der Waals surface area contributed by atoms with Gasteiger partial charge in [0.15, 0.2) is 6.19 Å². The van der Waals surface area contributed by atoms with E-state index in [1.807, 2.05) is 36.2 Å². The molecular weight excluding hydrogens is 366 g/mol. The molecule has 0 saturated carbocycles. The van der Waals surface area contributed by atoms with Gasteiger partial charge in [0.1, 0.15) is 5.75 Å². The van der Waals surface area contributed by atoms with E-state index < -0.39 is 0 Å². The van der Waals surface area contributed by atoms with E-state index in [0.717, 1.165) is 30.5 Å². The molecule has 1 aromatic carbocycles. The summed E-state index contributed by atoms with van der Waals surface area (Å²) in [6, 6.07) is 7.92. The second-order valence-electron chi connectivity index (χ2n) is 8.38. The first kappa shape index (κ1) is 19.3. The second-order valence-corrected chi connectivity index (χ2v) is 8.38. The van der Waals surface area contributed by atoms with Crippen LogP contribution in [0.1, 0.15) is 43.5 Å². The number of fused-ring (bicyclic) bond motifs is 2. The van der Waals surface area contributed by atoms with Crippen molar-refractivity contribution >= 4 is 5.91 Å². The Balaban J connectivity index is 1.56. The van der Waals surface area contributed by atoms with Gasteiger partial charge in [0.25, 0.3) is 5.91 Å². The van der Waals surface area contributed by atoms with E-state index in [1.165, 1.54) is 0 Å². The molecule has 0 aliphatic carbocycles. The predicted molar refractivity (Wildman–Crippen MR) is 109 cm³/mol. The van der Waals surface area contributed by atoms with Crippen LogP contribution in [0.3, 0.4) is 0 Å². The Hall–Kier alpha value is -3.01. The highest BCUT2D eigenvalue weighted by Crippen LogP contribution is 2.37. The summed E-state index contributed by atoms with van der Waals surface area (Å²) in [5.74, 6) is 0.936. The number of nitrogens with zero attached hydrogens (tertiary/aromatic N) is 4. The number of hydrogen-bond acceptors (Lipinski definition) is 5. The number of benzene rings is 1. The number of nitriles is 1. The Morgan fingerprint density at radius 3 is 2.86 bits per heavy atom. The van der Waals surface area contributed by atoms with Crippen LogP contribution in [0.25, 0.3) is 11.3 Å². The third-order valence-electron chi connectivity index (χ3n) is 5.88. The molecule has 2 aliphatic heterocycles. The van der Waals surface area contributed by atoms with Crippen LogP contribution in [-0.4, -0.2) is 45.3 Å². The number of carbonyl (C=O) groups is 1. The first-order valence-corrected chi connectivity index (χ1v) is 10.2. The molecule has 1 N–H and O–H groups in total. The molecule has 1 amide bonds. The fourth-order valence-electron chi connectivity index (χ4n) is 4.44. The number of nitrogens with one attached hydrogen (secondary N) is 1. The van der Waals surface area contributed by atoms with Gasteiger partial charge in [0.05, 0.1) is 24.4 Å². The van der Waals surface area contributed by atoms with Gasteiger partial charge in [-0.15, -0.1) is 0 Å². The van der Waals surface area contributed by atoms with Gasteiger partial charge in [0.2, 0.25) is 0 Å². The Kier molecular flexibility index (Phi) is 5.18. The number of aromatic nitrogens is 2. The van der Waals surface area contributed by atoms with E-state index in [2.05, 4.69) is 30.5 Å². The molecule has 3 heterocycles. The summed E-state index contributed by atoms with van der Waals surface area (Å²) in [5, 5.41) is 16.7. The summed E-state index contributed by atoms with van der Waals surface area (Å²) in [7, 11) is 1.89. The number of aryl methyl sites for hydroxylation is 1. The van der Waals surface area contributed by atoms with Gasteiger partial charge < -0.3 is 15.0 Å². The minimum Gasteiger partial charge on any atom is -0.493 e. The van der Waals surface area contributed by atoms with Crippen LogP contribution in [0.4, 0.5) is 0 Å². The van der Waals surface area contributed by atoms with Crippen LogP contribution in [0.15, 0.2) is 30.5 Å². The molecular formula is C22H27N5O2. The standard InChI is InChI=1S/C22H27N5O2/c1-14(2)12-29-21-10-15(4-6-17(21)19-8-9-24-26(19)3)22(28)25-18-11-16-5-7-20(18)27(16)13-23/h4,6,8-10,14,16,18,20H,5,7,11-12H2,1-3H3,(H,25,28)/t16-,18+,20+/m0/s1. The zero-order valence-corrected chi connectivity index (χ0v) is 17.1. The molecule has 29 heavy (non-hydrogen) atoms. The maximum Gasteiger partial charge on any atom is 0.251 e. The van der Waals surface area contributed by atoms with Crippen molar-refractivity contribution in [3.8, 4) is 23.2 Å². The van der Waals surface area contributed by atoms with Gasteiger partial charge in [-0.25, -0.2) is 0 Å². The number of rotatable bonds is 6. The van der Waals surface area contributed by atoms with Crippen molar-refractivity contribution in [3.05, 3.63) is 36.0 Å². The van der Waals surface area contributed by atoms with Gasteiger partial charge in [-0.05, 0) is 49.4 Å². The predicted octanol–water partition coefficient (Wildman–Crippen LogP) is 2.94. The van der Waals surface area contributed by atoms with Crippen molar-refractivity contribution in [1.82, 2.24) is 20.0 Å². The van der Waals surface area contributed by atoms with E-state index >= 15 is 0 Å². The minimum absolute atomic E-state index is 0.0256. The van der Waals surface area contributed by atoms with Gasteiger partial charge >= 0.3 is 0 Å². The molecule has 0 spiro atoms. The van der Waals surface area contributed by atoms with Gasteiger partial charge in [-0.3, -0.25) is 9.48 Å². The molecule has 3 atom stereocenters. The van der Waals surface area contributed by atoms with Crippen molar-refractivity contribution in [2.24, 2.45) is 13.0 Å². The maximum atomic E-state index is 12.9. The van der Waals surface area contributed by atoms with Crippen molar-refractivity contribution in [2.45, 2.75) is 51.2 Å². The zero-order chi connectivity index (χ0) is 20.5. The molecule has 4 rings (SSSR count). The van der Waals surface area contributed by atoms with Crippen LogP contribution < -0.4 is 10.1 Å². The quantitative estimate of drug-likeness (QED) is 0.763. The molecule has 2 saturated heterocycles. The molecule has 2 aliphatic rings. The van der Waals surface area contributed by atoms with Crippen molar-refractivity contribution in [3.63, 3.8) is 0 Å². The van der Waals surface area contributed by atoms with Gasteiger partial charge in [0, 0.05) is 30.4 Å². The highest BCUT2D eigenvalue weighted by molar-refractivity contribution is 5.95. The number of hydrogen-bond donors (Lipinski definition) is 1. The molecule has 2 bridgehead atoms. The molecule has 0 radical (unpaired) electrons. The third-order valence-corrected chi connectivity index (χ3v) is 5.88. The average molecular weight is 393 g/mol. The second kappa shape index (κ2) is 7.78. The smallest absolute Gasteiger partial charge is 0.251 e. The van der Waals surface area contributed by atoms with E-state index in [4.69, 9.17) is 4.74 Å². The van der Waals surface area contributed by atoms with E-state index in [1.54, 1.807) is 10.9 Å². The average Bonchev–Trinajstić information content (AvgIpc) is 3.39. The summed E-state index contributed by atoms with van der Waals surface area (Å²) in [6.07, 6.45) is 6.88. The lowest BCUT2D eigenvalue weighted by molar-refractivity contribution is 0.0928. The molecule has 7 heteroatoms. The van der Waals surface area contributed by atoms with Crippen LogP contribution >= 0.6 is 0 Å². The van der Waals surface area contributed by atoms with Gasteiger partial charge in [-0.2, -0.15) is 10.4 Å². The zero-order valence-electron chi connectivity index (χ0n) is 17.1. The van der Waals surface area contributed by atoms with Crippen molar-refractivity contribution in [2.75, 3.05) is 6.61 Å². The summed E-state index contributed by atoms with van der Waals surface area (Å²) < 4.78 is 7.84. The first-order valence-electron chi connectivity index (χ1n) is 10.2. The normalized spacial score (nSPS) is 22.7. The summed E-state index contributed by atoms with van der Waals surface area (Å²) in [5.41, 5.74) is 2.42. The Bertz CT molecular complexity index is 945. The SMILES string of the molecule is CC(C)COc1cc(C(=O)N[C@@H]2C[C@@H]3CC[C@H]2N3C#N)ccc1-c1ccnn1C. The largest absolute Gasteiger partial charge is 0.493 e. The number of carbonyl (C=O) groups excluding carboxylic acids is 1. The van der Waals surface area contributed by atoms with Crippen LogP contribution in [0.5, 0.6) is 5.75 Å². The molecule has 2 aromatic rings. The topological polar surface area (TPSA) is 83.2 Å².